The predicted octanol–water partition coefficient (Wildman–Crippen LogP) is 3.62. The summed E-state index contributed by atoms with van der Waals surface area (Å²) < 4.78 is 19.5. The van der Waals surface area contributed by atoms with Crippen molar-refractivity contribution in [3.8, 4) is 0 Å². The Morgan fingerprint density at radius 3 is 2.49 bits per heavy atom. The Balaban J connectivity index is 1.43. The number of carbonyl (C=O) groups is 2. The Kier molecular flexibility index (Phi) is 12.3. The minimum atomic E-state index is -0.877. The number of nitro groups is 1. The highest BCUT2D eigenvalue weighted by Gasteiger charge is 2.68. The number of rotatable bonds is 15. The zero-order valence-corrected chi connectivity index (χ0v) is 29.8. The van der Waals surface area contributed by atoms with Gasteiger partial charge in [-0.15, -0.1) is 0 Å². The van der Waals surface area contributed by atoms with Gasteiger partial charge >= 0.3 is 7.12 Å². The highest BCUT2D eigenvalue weighted by molar-refractivity contribution is 6.48. The van der Waals surface area contributed by atoms with Crippen molar-refractivity contribution in [1.29, 1.82) is 0 Å². The number of hydrogen-bond acceptors (Lipinski definition) is 8. The molecule has 0 aromatic carbocycles. The molecule has 14 heteroatoms. The fourth-order valence-corrected chi connectivity index (χ4v) is 8.72. The smallest absolute Gasteiger partial charge is 0.404 e. The summed E-state index contributed by atoms with van der Waals surface area (Å²) in [6, 6.07) is -0.877. The summed E-state index contributed by atoms with van der Waals surface area (Å²) in [5, 5.41) is 15.9. The monoisotopic (exact) mass is 662 g/mol. The summed E-state index contributed by atoms with van der Waals surface area (Å²) in [4.78, 5) is 41.8. The van der Waals surface area contributed by atoms with Gasteiger partial charge in [0, 0.05) is 6.54 Å². The lowest BCUT2D eigenvalue weighted by Gasteiger charge is -2.64. The van der Waals surface area contributed by atoms with Gasteiger partial charge in [-0.05, 0) is 92.8 Å². The highest BCUT2D eigenvalue weighted by atomic mass is 16.7. The number of hydrogen-bond donors (Lipinski definition) is 4. The molecule has 0 unspecified atom stereocenters. The molecule has 0 radical (unpaired) electrons. The number of ether oxygens (including phenoxy) is 1. The Morgan fingerprint density at radius 2 is 1.85 bits per heavy atom. The van der Waals surface area contributed by atoms with Crippen LogP contribution < -0.4 is 21.8 Å². The molecule has 1 heterocycles. The summed E-state index contributed by atoms with van der Waals surface area (Å²) >= 11 is 0. The summed E-state index contributed by atoms with van der Waals surface area (Å²) in [5.41, 5.74) is 7.17. The number of carbonyl (C=O) groups excluding carboxylic acids is 2. The standard InChI is InChI=1S/C33H59BN6O7/c1-19(2)14-28(34-46-27-17-22-16-26(32(22,6)7)33(27,8)47-34)38-30(42)24(10-9-13-36-31(35)39-40(43)44)37-29(41)18-45-25-15-21(5)11-12-23(25)20(3)4/h19-28H,9-18H2,1-8H3,(H,37,41)(H,38,42)(H3,35,36,39)/t21-,22+,23+,24-,25-,26+,27+,28-,33-/m0/s1. The van der Waals surface area contributed by atoms with Crippen LogP contribution >= 0.6 is 0 Å². The zero-order valence-electron chi connectivity index (χ0n) is 29.8. The summed E-state index contributed by atoms with van der Waals surface area (Å²) in [6.45, 7) is 17.6. The van der Waals surface area contributed by atoms with Gasteiger partial charge in [0.2, 0.25) is 11.8 Å². The molecule has 5 N–H and O–H groups in total. The van der Waals surface area contributed by atoms with Gasteiger partial charge in [0.25, 0.3) is 5.96 Å². The SMILES string of the molecule is CC(C)C[C@H](NC(=O)[C@H](CCCN=C(N)N[N+](=O)[O-])NC(=O)CO[C@H]1C[C@@H](C)CC[C@@H]1C(C)C)B1O[C@@H]2C[C@H]3C[C@H](C3(C)C)[C@]2(C)O1. The predicted molar refractivity (Wildman–Crippen MR) is 180 cm³/mol. The molecule has 5 rings (SSSR count). The molecule has 1 saturated heterocycles. The first kappa shape index (κ1) is 37.4. The van der Waals surface area contributed by atoms with Crippen LogP contribution in [0, 0.1) is 51.0 Å². The molecular formula is C33H59BN6O7. The van der Waals surface area contributed by atoms with Crippen LogP contribution in [0.25, 0.3) is 0 Å². The largest absolute Gasteiger partial charge is 0.481 e. The number of aliphatic imine (C=N–C) groups is 1. The number of nitrogens with one attached hydrogen (secondary N) is 3. The van der Waals surface area contributed by atoms with Crippen molar-refractivity contribution in [1.82, 2.24) is 16.1 Å². The molecule has 9 atom stereocenters. The van der Waals surface area contributed by atoms with Crippen molar-refractivity contribution in [3.63, 3.8) is 0 Å². The molecule has 2 bridgehead atoms. The lowest BCUT2D eigenvalue weighted by atomic mass is 9.43. The Hall–Kier alpha value is -2.45. The quantitative estimate of drug-likeness (QED) is 0.0509. The maximum atomic E-state index is 13.9. The fraction of sp³-hybridized carbons (Fsp3) is 0.909. The van der Waals surface area contributed by atoms with E-state index in [0.717, 1.165) is 32.1 Å². The third kappa shape index (κ3) is 8.97. The van der Waals surface area contributed by atoms with E-state index in [1.54, 1.807) is 0 Å². The lowest BCUT2D eigenvalue weighted by Crippen LogP contribution is -2.65. The van der Waals surface area contributed by atoms with E-state index in [0.29, 0.717) is 42.4 Å². The van der Waals surface area contributed by atoms with E-state index in [9.17, 15) is 19.7 Å². The maximum absolute atomic E-state index is 13.9. The molecule has 4 aliphatic carbocycles. The van der Waals surface area contributed by atoms with Gasteiger partial charge in [0.1, 0.15) is 12.6 Å². The second kappa shape index (κ2) is 15.4. The van der Waals surface area contributed by atoms with Crippen molar-refractivity contribution < 1.29 is 28.7 Å². The van der Waals surface area contributed by atoms with Gasteiger partial charge < -0.3 is 30.4 Å². The van der Waals surface area contributed by atoms with Gasteiger partial charge in [0.05, 0.1) is 23.8 Å². The Bertz CT molecular complexity index is 1150. The van der Waals surface area contributed by atoms with E-state index in [1.165, 1.54) is 0 Å². The van der Waals surface area contributed by atoms with Gasteiger partial charge in [-0.2, -0.15) is 0 Å². The van der Waals surface area contributed by atoms with Crippen LogP contribution in [0.15, 0.2) is 4.99 Å². The van der Waals surface area contributed by atoms with Crippen molar-refractivity contribution in [2.24, 2.45) is 51.6 Å². The molecule has 47 heavy (non-hydrogen) atoms. The molecule has 0 aromatic rings. The first-order valence-corrected chi connectivity index (χ1v) is 17.8. The van der Waals surface area contributed by atoms with E-state index in [-0.39, 0.29) is 60.9 Å². The second-order valence-electron chi connectivity index (χ2n) is 16.2. The number of nitrogens with zero attached hydrogens (tertiary/aromatic N) is 2. The summed E-state index contributed by atoms with van der Waals surface area (Å²) in [7, 11) is -0.593. The van der Waals surface area contributed by atoms with Gasteiger partial charge in [-0.25, -0.2) is 15.1 Å². The molecule has 0 spiro atoms. The van der Waals surface area contributed by atoms with E-state index in [1.807, 2.05) is 5.43 Å². The van der Waals surface area contributed by atoms with Crippen LogP contribution in [0.4, 0.5) is 0 Å². The molecule has 1 aliphatic heterocycles. The molecule has 5 fully saturated rings. The maximum Gasteiger partial charge on any atom is 0.481 e. The molecule has 4 saturated carbocycles. The molecule has 266 valence electrons. The van der Waals surface area contributed by atoms with E-state index < -0.39 is 29.7 Å². The minimum Gasteiger partial charge on any atom is -0.404 e. The number of guanidine groups is 1. The summed E-state index contributed by atoms with van der Waals surface area (Å²) in [6.07, 6.45) is 6.46. The van der Waals surface area contributed by atoms with Crippen LogP contribution in [-0.2, 0) is 23.6 Å². The molecule has 0 aromatic heterocycles. The van der Waals surface area contributed by atoms with Gasteiger partial charge in [0.15, 0.2) is 5.03 Å². The van der Waals surface area contributed by atoms with Crippen LogP contribution in [0.5, 0.6) is 0 Å². The van der Waals surface area contributed by atoms with Crippen molar-refractivity contribution in [3.05, 3.63) is 10.1 Å². The average molecular weight is 663 g/mol. The third-order valence-electron chi connectivity index (χ3n) is 11.5. The van der Waals surface area contributed by atoms with Crippen molar-refractivity contribution in [2.75, 3.05) is 13.2 Å². The van der Waals surface area contributed by atoms with Crippen molar-refractivity contribution in [2.45, 2.75) is 137 Å². The fourth-order valence-electron chi connectivity index (χ4n) is 8.72. The molecule has 13 nitrogen and oxygen atoms in total. The van der Waals surface area contributed by atoms with Crippen LogP contribution in [0.1, 0.15) is 107 Å². The first-order valence-electron chi connectivity index (χ1n) is 17.8. The molecule has 5 aliphatic rings. The minimum absolute atomic E-state index is 0.00351. The second-order valence-corrected chi connectivity index (χ2v) is 16.2. The topological polar surface area (TPSA) is 179 Å². The van der Waals surface area contributed by atoms with Crippen LogP contribution in [0.3, 0.4) is 0 Å². The number of amides is 2. The van der Waals surface area contributed by atoms with Crippen LogP contribution in [-0.4, -0.2) is 72.9 Å². The Morgan fingerprint density at radius 1 is 1.13 bits per heavy atom. The molecule has 2 amide bonds. The summed E-state index contributed by atoms with van der Waals surface area (Å²) in [5.74, 6) is 1.21. The van der Waals surface area contributed by atoms with Gasteiger partial charge in [-0.3, -0.25) is 9.59 Å². The number of nitrogens with two attached hydrogens (primary N) is 1. The molecular weight excluding hydrogens is 603 g/mol. The van der Waals surface area contributed by atoms with Crippen LogP contribution in [0.2, 0.25) is 0 Å². The normalized spacial score (nSPS) is 32.7. The van der Waals surface area contributed by atoms with Gasteiger partial charge in [-0.1, -0.05) is 60.3 Å². The first-order chi connectivity index (χ1) is 22.0. The lowest BCUT2D eigenvalue weighted by molar-refractivity contribution is -0.525. The third-order valence-corrected chi connectivity index (χ3v) is 11.5. The average Bonchev–Trinajstić information content (AvgIpc) is 3.33. The van der Waals surface area contributed by atoms with Crippen molar-refractivity contribution >= 4 is 24.9 Å². The van der Waals surface area contributed by atoms with E-state index in [2.05, 4.69) is 71.0 Å². The zero-order chi connectivity index (χ0) is 34.7. The van der Waals surface area contributed by atoms with E-state index >= 15 is 0 Å². The number of hydrazine groups is 1. The Labute approximate surface area is 280 Å². The highest BCUT2D eigenvalue weighted by Crippen LogP contribution is 2.65. The van der Waals surface area contributed by atoms with E-state index in [4.69, 9.17) is 19.8 Å².